The van der Waals surface area contributed by atoms with Crippen LogP contribution in [-0.4, -0.2) is 105 Å². The van der Waals surface area contributed by atoms with E-state index in [-0.39, 0.29) is 27.5 Å². The zero-order valence-corrected chi connectivity index (χ0v) is 29.5. The monoisotopic (exact) mass is 702 g/mol. The highest BCUT2D eigenvalue weighted by Gasteiger charge is 2.47. The van der Waals surface area contributed by atoms with Crippen LogP contribution in [0.4, 0.5) is 0 Å². The summed E-state index contributed by atoms with van der Waals surface area (Å²) in [5.41, 5.74) is 1.80. The van der Waals surface area contributed by atoms with Gasteiger partial charge < -0.3 is 15.0 Å². The molecule has 13 heteroatoms. The zero-order valence-electron chi connectivity index (χ0n) is 27.2. The number of ether oxygens (including phenoxy) is 1. The minimum Gasteiger partial charge on any atom is -0.487 e. The Balaban J connectivity index is 1.15. The van der Waals surface area contributed by atoms with E-state index in [2.05, 4.69) is 24.8 Å². The molecule has 0 unspecified atom stereocenters. The molecule has 2 N–H and O–H groups in total. The molecule has 3 heterocycles. The summed E-state index contributed by atoms with van der Waals surface area (Å²) in [5, 5.41) is 4.62. The minimum absolute atomic E-state index is 0.0238. The first-order valence-corrected chi connectivity index (χ1v) is 18.8. The van der Waals surface area contributed by atoms with Gasteiger partial charge in [0.1, 0.15) is 28.3 Å². The topological polar surface area (TPSA) is 107 Å². The SMILES string of the molecule is Cc1cc(C)c2cccc(OCc3c(Cl)ccc(S(=O)(=O)NC4(C(=O)N5CCN(CCN6CCNCC6)CC5)CCCC4)c3Cl)c2n1. The van der Waals surface area contributed by atoms with Gasteiger partial charge in [0.2, 0.25) is 15.9 Å². The van der Waals surface area contributed by atoms with Crippen LogP contribution in [0.1, 0.15) is 42.5 Å². The van der Waals surface area contributed by atoms with Crippen molar-refractivity contribution in [1.29, 1.82) is 0 Å². The van der Waals surface area contributed by atoms with E-state index < -0.39 is 15.6 Å². The van der Waals surface area contributed by atoms with Crippen LogP contribution in [0.2, 0.25) is 10.0 Å². The van der Waals surface area contributed by atoms with Crippen molar-refractivity contribution in [2.24, 2.45) is 0 Å². The number of hydrogen-bond donors (Lipinski definition) is 2. The Bertz CT molecular complexity index is 1720. The molecule has 3 aliphatic rings. The molecule has 3 fully saturated rings. The van der Waals surface area contributed by atoms with Crippen molar-refractivity contribution < 1.29 is 17.9 Å². The van der Waals surface area contributed by atoms with Crippen molar-refractivity contribution in [3.8, 4) is 5.75 Å². The summed E-state index contributed by atoms with van der Waals surface area (Å²) in [6, 6.07) is 10.6. The molecule has 0 spiro atoms. The number of carbonyl (C=O) groups excluding carboxylic acids is 1. The highest BCUT2D eigenvalue weighted by Crippen LogP contribution is 2.37. The van der Waals surface area contributed by atoms with Crippen LogP contribution in [0.15, 0.2) is 41.3 Å². The fourth-order valence-electron chi connectivity index (χ4n) is 7.08. The average Bonchev–Trinajstić information content (AvgIpc) is 3.53. The van der Waals surface area contributed by atoms with Gasteiger partial charge in [0, 0.05) is 87.1 Å². The fourth-order valence-corrected chi connectivity index (χ4v) is 9.39. The molecule has 0 bridgehead atoms. The summed E-state index contributed by atoms with van der Waals surface area (Å²) >= 11 is 13.3. The summed E-state index contributed by atoms with van der Waals surface area (Å²) in [6.07, 6.45) is 2.43. The van der Waals surface area contributed by atoms with E-state index >= 15 is 0 Å². The molecule has 1 aromatic heterocycles. The lowest BCUT2D eigenvalue weighted by molar-refractivity contribution is -0.139. The van der Waals surface area contributed by atoms with Gasteiger partial charge in [0.05, 0.1) is 5.02 Å². The number of halogens is 2. The van der Waals surface area contributed by atoms with Gasteiger partial charge in [-0.1, -0.05) is 48.2 Å². The first-order valence-electron chi connectivity index (χ1n) is 16.5. The van der Waals surface area contributed by atoms with Gasteiger partial charge >= 0.3 is 0 Å². The minimum atomic E-state index is -4.19. The Hall–Kier alpha value is -2.51. The summed E-state index contributed by atoms with van der Waals surface area (Å²) in [4.78, 5) is 25.3. The van der Waals surface area contributed by atoms with E-state index in [1.54, 1.807) is 0 Å². The third-order valence-electron chi connectivity index (χ3n) is 9.75. The number of pyridine rings is 1. The van der Waals surface area contributed by atoms with Crippen molar-refractivity contribution in [1.82, 2.24) is 29.7 Å². The number of benzene rings is 2. The number of sulfonamides is 1. The predicted octanol–water partition coefficient (Wildman–Crippen LogP) is 4.38. The van der Waals surface area contributed by atoms with Gasteiger partial charge in [0.15, 0.2) is 0 Å². The average molecular weight is 704 g/mol. The summed E-state index contributed by atoms with van der Waals surface area (Å²) in [6.45, 7) is 12.8. The van der Waals surface area contributed by atoms with Crippen molar-refractivity contribution in [2.45, 2.75) is 56.6 Å². The van der Waals surface area contributed by atoms with E-state index in [0.717, 1.165) is 81.8 Å². The molecule has 2 aromatic carbocycles. The highest BCUT2D eigenvalue weighted by atomic mass is 35.5. The molecule has 2 aliphatic heterocycles. The van der Waals surface area contributed by atoms with Crippen molar-refractivity contribution in [2.75, 3.05) is 65.4 Å². The number of aryl methyl sites for hydroxylation is 2. The molecule has 1 aliphatic carbocycles. The molecule has 0 atom stereocenters. The maximum atomic E-state index is 14.0. The lowest BCUT2D eigenvalue weighted by atomic mass is 9.96. The Morgan fingerprint density at radius 2 is 1.66 bits per heavy atom. The number of nitrogens with one attached hydrogen (secondary N) is 2. The number of piperazine rings is 2. The lowest BCUT2D eigenvalue weighted by Gasteiger charge is -2.40. The Morgan fingerprint density at radius 3 is 2.36 bits per heavy atom. The van der Waals surface area contributed by atoms with Gasteiger partial charge in [-0.05, 0) is 56.5 Å². The Morgan fingerprint density at radius 1 is 0.979 bits per heavy atom. The van der Waals surface area contributed by atoms with Gasteiger partial charge in [-0.15, -0.1) is 0 Å². The lowest BCUT2D eigenvalue weighted by Crippen LogP contribution is -2.61. The van der Waals surface area contributed by atoms with E-state index in [9.17, 15) is 13.2 Å². The summed E-state index contributed by atoms with van der Waals surface area (Å²) < 4.78 is 37.0. The maximum Gasteiger partial charge on any atom is 0.243 e. The number of nitrogens with zero attached hydrogens (tertiary/aromatic N) is 4. The smallest absolute Gasteiger partial charge is 0.243 e. The molecule has 47 heavy (non-hydrogen) atoms. The van der Waals surface area contributed by atoms with Crippen LogP contribution in [0.25, 0.3) is 10.9 Å². The van der Waals surface area contributed by atoms with Gasteiger partial charge in [-0.3, -0.25) is 14.6 Å². The third kappa shape index (κ3) is 7.56. The zero-order chi connectivity index (χ0) is 33.2. The summed E-state index contributed by atoms with van der Waals surface area (Å²) in [5.74, 6) is 0.398. The molecular formula is C34H44Cl2N6O4S. The second kappa shape index (κ2) is 14.5. The molecular weight excluding hydrogens is 659 g/mol. The maximum absolute atomic E-state index is 14.0. The highest BCUT2D eigenvalue weighted by molar-refractivity contribution is 7.89. The largest absolute Gasteiger partial charge is 0.487 e. The number of amides is 1. The second-order valence-corrected chi connectivity index (χ2v) is 15.4. The van der Waals surface area contributed by atoms with E-state index in [0.29, 0.717) is 42.8 Å². The molecule has 2 saturated heterocycles. The van der Waals surface area contributed by atoms with Crippen LogP contribution in [0.5, 0.6) is 5.75 Å². The number of fused-ring (bicyclic) bond motifs is 1. The fraction of sp³-hybridized carbons (Fsp3) is 0.529. The van der Waals surface area contributed by atoms with Crippen LogP contribution in [0.3, 0.4) is 0 Å². The van der Waals surface area contributed by atoms with E-state index in [4.69, 9.17) is 27.9 Å². The van der Waals surface area contributed by atoms with Crippen LogP contribution in [-0.2, 0) is 21.4 Å². The predicted molar refractivity (Wildman–Crippen MR) is 186 cm³/mol. The number of rotatable bonds is 10. The molecule has 10 nitrogen and oxygen atoms in total. The Labute approximate surface area is 287 Å². The van der Waals surface area contributed by atoms with Crippen molar-refractivity contribution in [3.63, 3.8) is 0 Å². The molecule has 3 aromatic rings. The van der Waals surface area contributed by atoms with Crippen LogP contribution < -0.4 is 14.8 Å². The Kier molecular flexibility index (Phi) is 10.6. The molecule has 6 rings (SSSR count). The van der Waals surface area contributed by atoms with Crippen LogP contribution >= 0.6 is 23.2 Å². The first kappa shape index (κ1) is 34.4. The van der Waals surface area contributed by atoms with Crippen LogP contribution in [0, 0.1) is 13.8 Å². The number of para-hydroxylation sites is 1. The van der Waals surface area contributed by atoms with Gasteiger partial charge in [0.25, 0.3) is 0 Å². The van der Waals surface area contributed by atoms with E-state index in [1.165, 1.54) is 12.1 Å². The molecule has 1 amide bonds. The number of hydrogen-bond acceptors (Lipinski definition) is 8. The standard InChI is InChI=1S/C34H44Cl2N6O4S/c1-24-22-25(2)38-32-26(24)6-5-7-29(32)46-23-27-28(35)8-9-30(31(27)36)47(44,45)39-34(10-3-4-11-34)33(43)42-20-18-41(19-21-42)17-16-40-14-12-37-13-15-40/h5-9,22,37,39H,3-4,10-21,23H2,1-2H3. The van der Waals surface area contributed by atoms with Gasteiger partial charge in [-0.2, -0.15) is 4.72 Å². The van der Waals surface area contributed by atoms with Crippen molar-refractivity contribution >= 4 is 50.0 Å². The second-order valence-electron chi connectivity index (χ2n) is 13.0. The summed E-state index contributed by atoms with van der Waals surface area (Å²) in [7, 11) is -4.19. The third-order valence-corrected chi connectivity index (χ3v) is 12.2. The molecule has 0 radical (unpaired) electrons. The first-order chi connectivity index (χ1) is 22.6. The van der Waals surface area contributed by atoms with Crippen molar-refractivity contribution in [3.05, 3.63) is 63.3 Å². The quantitative estimate of drug-likeness (QED) is 0.321. The normalized spacial score (nSPS) is 19.4. The van der Waals surface area contributed by atoms with Gasteiger partial charge in [-0.25, -0.2) is 13.4 Å². The van der Waals surface area contributed by atoms with E-state index in [1.807, 2.05) is 43.0 Å². The molecule has 254 valence electrons. The molecule has 1 saturated carbocycles. The number of carbonyl (C=O) groups is 1. The number of aromatic nitrogens is 1.